The van der Waals surface area contributed by atoms with E-state index in [1.807, 2.05) is 0 Å². The predicted octanol–water partition coefficient (Wildman–Crippen LogP) is 3.87. The maximum atomic E-state index is 5.87. The van der Waals surface area contributed by atoms with E-state index in [9.17, 15) is 0 Å². The molecule has 0 saturated carbocycles. The van der Waals surface area contributed by atoms with Crippen molar-refractivity contribution in [2.45, 2.75) is 13.5 Å². The van der Waals surface area contributed by atoms with Gasteiger partial charge in [0, 0.05) is 6.54 Å². The second kappa shape index (κ2) is 5.12. The molecule has 1 N–H and O–H groups in total. The van der Waals surface area contributed by atoms with Crippen LogP contribution in [0.5, 0.6) is 0 Å². The lowest BCUT2D eigenvalue weighted by Gasteiger charge is -2.07. The quantitative estimate of drug-likeness (QED) is 0.873. The van der Waals surface area contributed by atoms with Gasteiger partial charge in [-0.1, -0.05) is 11.6 Å². The van der Waals surface area contributed by atoms with Gasteiger partial charge in [0.15, 0.2) is 0 Å². The highest BCUT2D eigenvalue weighted by molar-refractivity contribution is 9.10. The summed E-state index contributed by atoms with van der Waals surface area (Å²) in [7, 11) is 0. The van der Waals surface area contributed by atoms with E-state index in [4.69, 9.17) is 11.6 Å². The Balaban J connectivity index is 2.11. The zero-order chi connectivity index (χ0) is 11.5. The summed E-state index contributed by atoms with van der Waals surface area (Å²) in [6.07, 6.45) is 1.44. The Hall–Kier alpha value is -0.650. The number of aromatic nitrogens is 2. The van der Waals surface area contributed by atoms with Crippen LogP contribution in [0.25, 0.3) is 0 Å². The van der Waals surface area contributed by atoms with Crippen molar-refractivity contribution >= 4 is 44.7 Å². The third-order valence-corrected chi connectivity index (χ3v) is 4.33. The molecule has 0 fully saturated rings. The highest BCUT2D eigenvalue weighted by Gasteiger charge is 2.06. The number of rotatable bonds is 3. The average Bonchev–Trinajstić information content (AvgIpc) is 2.67. The number of anilines is 1. The number of aryl methyl sites for hydroxylation is 1. The molecule has 0 atom stereocenters. The SMILES string of the molecule is Cc1cscc1CNc1ncnc(Cl)c1Br. The lowest BCUT2D eigenvalue weighted by Crippen LogP contribution is -2.02. The number of hydrogen-bond donors (Lipinski definition) is 1. The van der Waals surface area contributed by atoms with Crippen LogP contribution < -0.4 is 5.32 Å². The third kappa shape index (κ3) is 2.53. The lowest BCUT2D eigenvalue weighted by molar-refractivity contribution is 1.07. The van der Waals surface area contributed by atoms with Gasteiger partial charge >= 0.3 is 0 Å². The Morgan fingerprint density at radius 3 is 2.94 bits per heavy atom. The molecule has 0 saturated heterocycles. The third-order valence-electron chi connectivity index (χ3n) is 2.15. The molecule has 2 aromatic heterocycles. The van der Waals surface area contributed by atoms with E-state index >= 15 is 0 Å². The summed E-state index contributed by atoms with van der Waals surface area (Å²) in [5.74, 6) is 0.714. The fraction of sp³-hybridized carbons (Fsp3) is 0.200. The van der Waals surface area contributed by atoms with Crippen molar-refractivity contribution in [3.8, 4) is 0 Å². The molecule has 0 aliphatic carbocycles. The topological polar surface area (TPSA) is 37.8 Å². The molecule has 16 heavy (non-hydrogen) atoms. The summed E-state index contributed by atoms with van der Waals surface area (Å²) in [5, 5.41) is 7.89. The molecule has 0 aromatic carbocycles. The van der Waals surface area contributed by atoms with E-state index in [1.165, 1.54) is 17.5 Å². The van der Waals surface area contributed by atoms with Gasteiger partial charge in [-0.3, -0.25) is 0 Å². The highest BCUT2D eigenvalue weighted by Crippen LogP contribution is 2.26. The van der Waals surface area contributed by atoms with Gasteiger partial charge in [0.2, 0.25) is 0 Å². The van der Waals surface area contributed by atoms with Crippen molar-refractivity contribution in [1.82, 2.24) is 9.97 Å². The monoisotopic (exact) mass is 317 g/mol. The summed E-state index contributed by atoms with van der Waals surface area (Å²) in [5.41, 5.74) is 2.56. The minimum Gasteiger partial charge on any atom is -0.365 e. The molecule has 0 bridgehead atoms. The van der Waals surface area contributed by atoms with Crippen molar-refractivity contribution in [2.24, 2.45) is 0 Å². The molecule has 0 radical (unpaired) electrons. The van der Waals surface area contributed by atoms with E-state index in [0.717, 1.165) is 6.54 Å². The smallest absolute Gasteiger partial charge is 0.148 e. The number of hydrogen-bond acceptors (Lipinski definition) is 4. The largest absolute Gasteiger partial charge is 0.365 e. The molecule has 84 valence electrons. The van der Waals surface area contributed by atoms with Crippen LogP contribution in [0, 0.1) is 6.92 Å². The molecule has 0 aliphatic heterocycles. The van der Waals surface area contributed by atoms with Crippen LogP contribution in [-0.4, -0.2) is 9.97 Å². The molecule has 2 rings (SSSR count). The van der Waals surface area contributed by atoms with Crippen LogP contribution in [0.2, 0.25) is 5.15 Å². The van der Waals surface area contributed by atoms with E-state index in [-0.39, 0.29) is 0 Å². The number of nitrogens with zero attached hydrogens (tertiary/aromatic N) is 2. The van der Waals surface area contributed by atoms with Crippen molar-refractivity contribution < 1.29 is 0 Å². The molecule has 2 heterocycles. The summed E-state index contributed by atoms with van der Waals surface area (Å²) in [6, 6.07) is 0. The minimum atomic E-state index is 0.416. The summed E-state index contributed by atoms with van der Waals surface area (Å²) in [6.45, 7) is 2.83. The highest BCUT2D eigenvalue weighted by atomic mass is 79.9. The molecule has 3 nitrogen and oxygen atoms in total. The van der Waals surface area contributed by atoms with Gasteiger partial charge in [-0.05, 0) is 44.7 Å². The zero-order valence-electron chi connectivity index (χ0n) is 8.50. The van der Waals surface area contributed by atoms with Crippen LogP contribution in [0.1, 0.15) is 11.1 Å². The van der Waals surface area contributed by atoms with Gasteiger partial charge in [0.05, 0.1) is 4.47 Å². The normalized spacial score (nSPS) is 10.4. The van der Waals surface area contributed by atoms with Crippen molar-refractivity contribution in [2.75, 3.05) is 5.32 Å². The molecule has 0 spiro atoms. The van der Waals surface area contributed by atoms with Gasteiger partial charge in [0.25, 0.3) is 0 Å². The van der Waals surface area contributed by atoms with Crippen LogP contribution in [0.3, 0.4) is 0 Å². The Morgan fingerprint density at radius 2 is 2.25 bits per heavy atom. The van der Waals surface area contributed by atoms with Crippen LogP contribution >= 0.6 is 38.9 Å². The standard InChI is InChI=1S/C10H9BrClN3S/c1-6-3-16-4-7(6)2-13-10-8(11)9(12)14-5-15-10/h3-5H,2H2,1H3,(H,13,14,15). The molecule has 0 unspecified atom stereocenters. The van der Waals surface area contributed by atoms with E-state index in [1.54, 1.807) is 11.3 Å². The first-order valence-corrected chi connectivity index (χ1v) is 6.71. The minimum absolute atomic E-state index is 0.416. The fourth-order valence-corrected chi connectivity index (χ4v) is 2.55. The van der Waals surface area contributed by atoms with Crippen LogP contribution in [-0.2, 0) is 6.54 Å². The second-order valence-corrected chi connectivity index (χ2v) is 5.16. The maximum absolute atomic E-state index is 5.87. The first-order chi connectivity index (χ1) is 7.68. The van der Waals surface area contributed by atoms with Gasteiger partial charge < -0.3 is 5.32 Å². The predicted molar refractivity (Wildman–Crippen MR) is 71.1 cm³/mol. The molecular formula is C10H9BrClN3S. The van der Waals surface area contributed by atoms with Crippen molar-refractivity contribution in [3.63, 3.8) is 0 Å². The Bertz CT molecular complexity index is 501. The molecule has 6 heteroatoms. The first-order valence-electron chi connectivity index (χ1n) is 4.60. The number of halogens is 2. The first kappa shape index (κ1) is 11.8. The number of thiophene rings is 1. The van der Waals surface area contributed by atoms with Crippen molar-refractivity contribution in [3.05, 3.63) is 37.8 Å². The fourth-order valence-electron chi connectivity index (χ4n) is 1.22. The Labute approximate surface area is 111 Å². The molecule has 2 aromatic rings. The maximum Gasteiger partial charge on any atom is 0.148 e. The van der Waals surface area contributed by atoms with Gasteiger partial charge in [-0.2, -0.15) is 11.3 Å². The van der Waals surface area contributed by atoms with Gasteiger partial charge in [-0.15, -0.1) is 0 Å². The van der Waals surface area contributed by atoms with E-state index < -0.39 is 0 Å². The lowest BCUT2D eigenvalue weighted by atomic mass is 10.2. The average molecular weight is 319 g/mol. The number of nitrogens with one attached hydrogen (secondary N) is 1. The molecular weight excluding hydrogens is 310 g/mol. The Kier molecular flexibility index (Phi) is 3.78. The summed E-state index contributed by atoms with van der Waals surface area (Å²) in [4.78, 5) is 7.99. The van der Waals surface area contributed by atoms with Gasteiger partial charge in [-0.25, -0.2) is 9.97 Å². The summed E-state index contributed by atoms with van der Waals surface area (Å²) >= 11 is 10.9. The van der Waals surface area contributed by atoms with Crippen LogP contribution in [0.15, 0.2) is 21.6 Å². The van der Waals surface area contributed by atoms with E-state index in [0.29, 0.717) is 15.4 Å². The summed E-state index contributed by atoms with van der Waals surface area (Å²) < 4.78 is 0.699. The zero-order valence-corrected chi connectivity index (χ0v) is 11.7. The second-order valence-electron chi connectivity index (χ2n) is 3.26. The van der Waals surface area contributed by atoms with Crippen LogP contribution in [0.4, 0.5) is 5.82 Å². The van der Waals surface area contributed by atoms with Crippen molar-refractivity contribution in [1.29, 1.82) is 0 Å². The molecule has 0 aliphatic rings. The Morgan fingerprint density at radius 1 is 1.44 bits per heavy atom. The molecule has 0 amide bonds. The van der Waals surface area contributed by atoms with Gasteiger partial charge in [0.1, 0.15) is 17.3 Å². The van der Waals surface area contributed by atoms with E-state index in [2.05, 4.69) is 48.9 Å².